The summed E-state index contributed by atoms with van der Waals surface area (Å²) in [6.45, 7) is 2.12. The molecule has 6 heteroatoms. The molecule has 0 unspecified atom stereocenters. The van der Waals surface area contributed by atoms with Crippen molar-refractivity contribution < 1.29 is 13.2 Å². The molecule has 96 valence electrons. The second-order valence-corrected chi connectivity index (χ2v) is 5.76. The Balaban J connectivity index is 2.22. The number of sulfonamides is 1. The largest absolute Gasteiger partial charge is 0.331 e. The minimum Gasteiger partial charge on any atom is -0.331 e. The highest BCUT2D eigenvalue weighted by molar-refractivity contribution is 7.90. The Labute approximate surface area is 106 Å². The van der Waals surface area contributed by atoms with Gasteiger partial charge >= 0.3 is 0 Å². The number of carbonyl (C=O) groups is 1. The Kier molecular flexibility index (Phi) is 3.47. The molecule has 5 nitrogen and oxygen atoms in total. The zero-order valence-corrected chi connectivity index (χ0v) is 10.9. The number of Topliss-reactive ketones (excluding diaryl/α,β-unsaturated/α-hetero) is 1. The van der Waals surface area contributed by atoms with Crippen LogP contribution in [0.5, 0.6) is 0 Å². The number of ketones is 1. The summed E-state index contributed by atoms with van der Waals surface area (Å²) < 4.78 is 27.0. The Hall–Kier alpha value is -1.69. The fourth-order valence-electron chi connectivity index (χ4n) is 1.83. The quantitative estimate of drug-likeness (QED) is 0.830. The average Bonchev–Trinajstić information content (AvgIpc) is 2.32. The van der Waals surface area contributed by atoms with Crippen LogP contribution in [0, 0.1) is 0 Å². The fourth-order valence-corrected chi connectivity index (χ4v) is 2.88. The zero-order chi connectivity index (χ0) is 13.2. The van der Waals surface area contributed by atoms with E-state index in [0.29, 0.717) is 25.1 Å². The summed E-state index contributed by atoms with van der Waals surface area (Å²) >= 11 is 0. The zero-order valence-electron chi connectivity index (χ0n) is 10.0. The summed E-state index contributed by atoms with van der Waals surface area (Å²) in [5.74, 6) is 0.129. The number of anilines is 1. The van der Waals surface area contributed by atoms with Crippen LogP contribution in [0.2, 0.25) is 0 Å². The predicted octanol–water partition coefficient (Wildman–Crippen LogP) is 1.59. The molecular weight excluding hydrogens is 252 g/mol. The molecule has 0 amide bonds. The lowest BCUT2D eigenvalue weighted by Crippen LogP contribution is -2.28. The topological polar surface area (TPSA) is 66.8 Å². The lowest BCUT2D eigenvalue weighted by atomic mass is 10.2. The van der Waals surface area contributed by atoms with E-state index < -0.39 is 10.0 Å². The first kappa shape index (κ1) is 12.8. The third-order valence-corrected chi connectivity index (χ3v) is 3.98. The van der Waals surface area contributed by atoms with Crippen molar-refractivity contribution in [3.8, 4) is 0 Å². The Morgan fingerprint density at radius 3 is 2.78 bits per heavy atom. The highest BCUT2D eigenvalue weighted by Gasteiger charge is 2.24. The van der Waals surface area contributed by atoms with E-state index in [1.54, 1.807) is 36.1 Å². The van der Waals surface area contributed by atoms with Crippen molar-refractivity contribution in [1.82, 2.24) is 0 Å². The molecule has 2 rings (SSSR count). The normalized spacial score (nSPS) is 16.4. The van der Waals surface area contributed by atoms with Gasteiger partial charge in [0.25, 0.3) is 10.0 Å². The van der Waals surface area contributed by atoms with E-state index in [9.17, 15) is 13.2 Å². The van der Waals surface area contributed by atoms with Crippen LogP contribution in [0.1, 0.15) is 19.8 Å². The second-order valence-electron chi connectivity index (χ2n) is 4.16. The van der Waals surface area contributed by atoms with Crippen LogP contribution in [0.4, 0.5) is 5.69 Å². The van der Waals surface area contributed by atoms with E-state index >= 15 is 0 Å². The number of fused-ring (bicyclic) bond motifs is 1. The summed E-state index contributed by atoms with van der Waals surface area (Å²) in [5, 5.41) is 0. The number of nitrogens with zero attached hydrogens (tertiary/aromatic N) is 2. The molecule has 1 aliphatic rings. The highest BCUT2D eigenvalue weighted by atomic mass is 32.2. The molecule has 1 aromatic rings. The van der Waals surface area contributed by atoms with Crippen molar-refractivity contribution in [2.24, 2.45) is 4.40 Å². The van der Waals surface area contributed by atoms with Crippen LogP contribution in [0.25, 0.3) is 0 Å². The van der Waals surface area contributed by atoms with Crippen LogP contribution in [-0.2, 0) is 14.8 Å². The molecular formula is C12H14N2O3S. The Morgan fingerprint density at radius 1 is 1.33 bits per heavy atom. The van der Waals surface area contributed by atoms with Gasteiger partial charge in [-0.2, -0.15) is 8.42 Å². The molecule has 0 bridgehead atoms. The van der Waals surface area contributed by atoms with E-state index in [4.69, 9.17) is 0 Å². The van der Waals surface area contributed by atoms with Gasteiger partial charge in [-0.3, -0.25) is 0 Å². The van der Waals surface area contributed by atoms with Crippen molar-refractivity contribution in [2.75, 3.05) is 11.4 Å². The smallest absolute Gasteiger partial charge is 0.285 e. The molecule has 0 atom stereocenters. The monoisotopic (exact) mass is 266 g/mol. The summed E-state index contributed by atoms with van der Waals surface area (Å²) in [5.41, 5.74) is 0.621. The Bertz CT molecular complexity index is 593. The summed E-state index contributed by atoms with van der Waals surface area (Å²) in [6.07, 6.45) is 2.48. The lowest BCUT2D eigenvalue weighted by Gasteiger charge is -2.24. The van der Waals surface area contributed by atoms with E-state index in [1.807, 2.05) is 0 Å². The first-order valence-electron chi connectivity index (χ1n) is 5.66. The molecule has 18 heavy (non-hydrogen) atoms. The van der Waals surface area contributed by atoms with Crippen LogP contribution in [0.3, 0.4) is 0 Å². The molecule has 1 heterocycles. The van der Waals surface area contributed by atoms with Crippen molar-refractivity contribution in [2.45, 2.75) is 24.7 Å². The van der Waals surface area contributed by atoms with E-state index in [0.717, 1.165) is 0 Å². The van der Waals surface area contributed by atoms with Crippen LogP contribution < -0.4 is 4.90 Å². The standard InChI is InChI=1S/C12H14N2O3S/c1-10(15)5-4-8-14-9-13-18(16,17)12-7-3-2-6-11(12)14/h2-3,6-7,9H,4-5,8H2,1H3. The van der Waals surface area contributed by atoms with Gasteiger partial charge < -0.3 is 9.69 Å². The average molecular weight is 266 g/mol. The fraction of sp³-hybridized carbons (Fsp3) is 0.333. The van der Waals surface area contributed by atoms with Gasteiger partial charge in [-0.05, 0) is 25.5 Å². The maximum atomic E-state index is 11.7. The number of hydrogen-bond acceptors (Lipinski definition) is 4. The number of para-hydroxylation sites is 1. The van der Waals surface area contributed by atoms with Crippen LogP contribution in [-0.4, -0.2) is 27.1 Å². The molecule has 0 spiro atoms. The molecule has 0 aliphatic carbocycles. The first-order valence-corrected chi connectivity index (χ1v) is 7.10. The number of rotatable bonds is 4. The van der Waals surface area contributed by atoms with Crippen molar-refractivity contribution >= 4 is 27.8 Å². The number of benzene rings is 1. The molecule has 1 aliphatic heterocycles. The maximum absolute atomic E-state index is 11.7. The van der Waals surface area contributed by atoms with E-state index in [-0.39, 0.29) is 10.7 Å². The van der Waals surface area contributed by atoms with Gasteiger partial charge in [-0.15, -0.1) is 4.40 Å². The molecule has 0 aromatic heterocycles. The number of hydrogen-bond donors (Lipinski definition) is 0. The molecule has 1 aromatic carbocycles. The summed E-state index contributed by atoms with van der Waals surface area (Å²) in [7, 11) is -3.56. The highest BCUT2D eigenvalue weighted by Crippen LogP contribution is 2.29. The van der Waals surface area contributed by atoms with Crippen molar-refractivity contribution in [3.05, 3.63) is 24.3 Å². The van der Waals surface area contributed by atoms with Gasteiger partial charge in [0.2, 0.25) is 0 Å². The Morgan fingerprint density at radius 2 is 2.06 bits per heavy atom. The van der Waals surface area contributed by atoms with Crippen molar-refractivity contribution in [3.63, 3.8) is 0 Å². The molecule has 0 saturated carbocycles. The van der Waals surface area contributed by atoms with Gasteiger partial charge in [0.1, 0.15) is 17.0 Å². The maximum Gasteiger partial charge on any atom is 0.285 e. The van der Waals surface area contributed by atoms with Gasteiger partial charge in [-0.1, -0.05) is 12.1 Å². The lowest BCUT2D eigenvalue weighted by molar-refractivity contribution is -0.117. The van der Waals surface area contributed by atoms with E-state index in [2.05, 4.69) is 4.40 Å². The molecule has 0 radical (unpaired) electrons. The van der Waals surface area contributed by atoms with E-state index in [1.165, 1.54) is 6.34 Å². The van der Waals surface area contributed by atoms with Crippen LogP contribution >= 0.6 is 0 Å². The predicted molar refractivity (Wildman–Crippen MR) is 69.4 cm³/mol. The molecule has 0 saturated heterocycles. The minimum absolute atomic E-state index is 0.129. The summed E-state index contributed by atoms with van der Waals surface area (Å²) in [4.78, 5) is 12.9. The molecule has 0 N–H and O–H groups in total. The first-order chi connectivity index (χ1) is 8.50. The van der Waals surface area contributed by atoms with Gasteiger partial charge in [0, 0.05) is 13.0 Å². The van der Waals surface area contributed by atoms with Gasteiger partial charge in [0.15, 0.2) is 0 Å². The van der Waals surface area contributed by atoms with Gasteiger partial charge in [0.05, 0.1) is 5.69 Å². The minimum atomic E-state index is -3.56. The second kappa shape index (κ2) is 4.89. The summed E-state index contributed by atoms with van der Waals surface area (Å²) in [6, 6.07) is 6.74. The number of carbonyl (C=O) groups excluding carboxylic acids is 1. The SMILES string of the molecule is CC(=O)CCCN1C=NS(=O)(=O)c2ccccc21. The van der Waals surface area contributed by atoms with Gasteiger partial charge in [-0.25, -0.2) is 0 Å². The molecule has 0 fully saturated rings. The van der Waals surface area contributed by atoms with Crippen molar-refractivity contribution in [1.29, 1.82) is 0 Å². The third kappa shape index (κ3) is 2.59. The third-order valence-electron chi connectivity index (χ3n) is 2.71. The van der Waals surface area contributed by atoms with Crippen LogP contribution in [0.15, 0.2) is 33.6 Å².